The van der Waals surface area contributed by atoms with Crippen LogP contribution in [0.15, 0.2) is 58.6 Å². The maximum Gasteiger partial charge on any atom is 0.408 e. The van der Waals surface area contributed by atoms with E-state index in [4.69, 9.17) is 17.0 Å². The molecule has 3 amide bonds. The summed E-state index contributed by atoms with van der Waals surface area (Å²) in [5.74, 6) is -0.278. The number of nitrogens with zero attached hydrogens (tertiary/aromatic N) is 2. The number of hydrogen-bond donors (Lipinski definition) is 2. The Hall–Kier alpha value is -3.72. The number of Topliss-reactive ketones (excluding diaryl/α,β-unsaturated/α-hetero) is 1. The van der Waals surface area contributed by atoms with Gasteiger partial charge in [-0.1, -0.05) is 42.5 Å². The van der Waals surface area contributed by atoms with Crippen molar-refractivity contribution in [2.75, 3.05) is 0 Å². The zero-order valence-electron chi connectivity index (χ0n) is 19.0. The number of thiocarbonyl (C=S) groups is 1. The monoisotopic (exact) mass is 476 g/mol. The maximum absolute atomic E-state index is 13.4. The summed E-state index contributed by atoms with van der Waals surface area (Å²) in [6.07, 6.45) is 1.29. The Morgan fingerprint density at radius 2 is 1.88 bits per heavy atom. The van der Waals surface area contributed by atoms with Crippen LogP contribution in [0.5, 0.6) is 0 Å². The number of urea groups is 1. The van der Waals surface area contributed by atoms with Crippen LogP contribution < -0.4 is 16.0 Å². The second kappa shape index (κ2) is 9.26. The molecule has 0 aliphatic carbocycles. The summed E-state index contributed by atoms with van der Waals surface area (Å²) in [6.45, 7) is 5.26. The van der Waals surface area contributed by atoms with Gasteiger partial charge in [-0.2, -0.15) is 9.98 Å². The largest absolute Gasteiger partial charge is 0.444 e. The molecular weight excluding hydrogens is 452 g/mol. The standard InChI is InChI=1S/C25H24N4O4S/c1-25(2,3)33-24(32)28-19(11-14-13-26-17-9-5-4-7-15(14)17)20(30)12-21(34)16-8-6-10-18-22(16)29-23(31)27-18/h4-10,13,19,26H,11-12H2,1-3H3,(H,28,32)/t19-/m0/s1. The van der Waals surface area contributed by atoms with Gasteiger partial charge in [0.1, 0.15) is 11.0 Å². The van der Waals surface area contributed by atoms with Crippen LogP contribution in [-0.2, 0) is 16.0 Å². The normalized spacial score (nSPS) is 13.6. The minimum absolute atomic E-state index is 0.113. The Kier molecular flexibility index (Phi) is 6.39. The molecule has 34 heavy (non-hydrogen) atoms. The van der Waals surface area contributed by atoms with Crippen molar-refractivity contribution in [3.05, 3.63) is 70.5 Å². The number of ketones is 1. The number of H-pyrrole nitrogens is 1. The molecular formula is C25H24N4O4S. The highest BCUT2D eigenvalue weighted by molar-refractivity contribution is 7.80. The first kappa shape index (κ1) is 23.4. The molecule has 0 bridgehead atoms. The number of ether oxygens (including phenoxy) is 1. The summed E-state index contributed by atoms with van der Waals surface area (Å²) in [5, 5.41) is 4.48. The molecule has 0 spiro atoms. The van der Waals surface area contributed by atoms with Gasteiger partial charge in [-0.05, 0) is 38.5 Å². The van der Waals surface area contributed by atoms with Crippen molar-refractivity contribution < 1.29 is 19.1 Å². The lowest BCUT2D eigenvalue weighted by molar-refractivity contribution is -0.119. The van der Waals surface area contributed by atoms with Gasteiger partial charge < -0.3 is 15.0 Å². The van der Waals surface area contributed by atoms with Crippen LogP contribution in [-0.4, -0.2) is 39.4 Å². The highest BCUT2D eigenvalue weighted by Crippen LogP contribution is 2.20. The molecule has 1 atom stereocenters. The fourth-order valence-corrected chi connectivity index (χ4v) is 4.09. The van der Waals surface area contributed by atoms with E-state index in [2.05, 4.69) is 20.3 Å². The quantitative estimate of drug-likeness (QED) is 0.401. The zero-order chi connectivity index (χ0) is 24.5. The average Bonchev–Trinajstić information content (AvgIpc) is 3.34. The van der Waals surface area contributed by atoms with Crippen LogP contribution in [0.1, 0.15) is 38.3 Å². The number of para-hydroxylation sites is 2. The Morgan fingerprint density at radius 1 is 1.12 bits per heavy atom. The molecule has 4 rings (SSSR count). The van der Waals surface area contributed by atoms with Crippen LogP contribution in [0.2, 0.25) is 0 Å². The Morgan fingerprint density at radius 3 is 2.65 bits per heavy atom. The zero-order valence-corrected chi connectivity index (χ0v) is 19.9. The minimum Gasteiger partial charge on any atom is -0.444 e. The molecule has 174 valence electrons. The van der Waals surface area contributed by atoms with Crippen molar-refractivity contribution in [1.29, 1.82) is 0 Å². The van der Waals surface area contributed by atoms with Gasteiger partial charge in [0.2, 0.25) is 0 Å². The predicted octanol–water partition coefficient (Wildman–Crippen LogP) is 3.35. The summed E-state index contributed by atoms with van der Waals surface area (Å²) in [4.78, 5) is 48.8. The van der Waals surface area contributed by atoms with Crippen molar-refractivity contribution in [3.63, 3.8) is 0 Å². The van der Waals surface area contributed by atoms with Gasteiger partial charge in [0.15, 0.2) is 5.78 Å². The van der Waals surface area contributed by atoms with Gasteiger partial charge in [-0.15, -0.1) is 0 Å². The number of nitrogens with one attached hydrogen (secondary N) is 2. The van der Waals surface area contributed by atoms with Gasteiger partial charge in [-0.3, -0.25) is 4.79 Å². The Labute approximate surface area is 201 Å². The van der Waals surface area contributed by atoms with E-state index in [1.165, 1.54) is 0 Å². The van der Waals surface area contributed by atoms with Crippen LogP contribution in [0.4, 0.5) is 9.59 Å². The van der Waals surface area contributed by atoms with E-state index in [9.17, 15) is 14.4 Å². The number of alkyl carbamates (subject to hydrolysis) is 1. The number of fused-ring (bicyclic) bond motifs is 2. The second-order valence-corrected chi connectivity index (χ2v) is 9.50. The van der Waals surface area contributed by atoms with E-state index in [-0.39, 0.29) is 18.6 Å². The number of hydrogen-bond acceptors (Lipinski definition) is 5. The van der Waals surface area contributed by atoms with Gasteiger partial charge in [0, 0.05) is 40.4 Å². The van der Waals surface area contributed by atoms with E-state index in [0.29, 0.717) is 21.1 Å². The highest BCUT2D eigenvalue weighted by atomic mass is 32.1. The number of carbonyl (C=O) groups excluding carboxylic acids is 3. The first-order valence-corrected chi connectivity index (χ1v) is 11.2. The smallest absolute Gasteiger partial charge is 0.408 e. The first-order valence-electron chi connectivity index (χ1n) is 10.8. The number of amides is 3. The Bertz CT molecular complexity index is 1440. The lowest BCUT2D eigenvalue weighted by Gasteiger charge is -2.23. The summed E-state index contributed by atoms with van der Waals surface area (Å²) >= 11 is 5.54. The number of rotatable bonds is 7. The van der Waals surface area contributed by atoms with Crippen molar-refractivity contribution in [2.24, 2.45) is 9.98 Å². The molecule has 2 aromatic carbocycles. The molecule has 1 aromatic heterocycles. The van der Waals surface area contributed by atoms with E-state index in [1.54, 1.807) is 39.0 Å². The molecule has 8 nitrogen and oxygen atoms in total. The average molecular weight is 477 g/mol. The van der Waals surface area contributed by atoms with E-state index in [1.807, 2.05) is 30.5 Å². The van der Waals surface area contributed by atoms with E-state index in [0.717, 1.165) is 16.5 Å². The number of benzene rings is 2. The van der Waals surface area contributed by atoms with Crippen molar-refractivity contribution >= 4 is 45.9 Å². The molecule has 0 unspecified atom stereocenters. The third kappa shape index (κ3) is 5.26. The van der Waals surface area contributed by atoms with Crippen molar-refractivity contribution in [2.45, 2.75) is 45.3 Å². The van der Waals surface area contributed by atoms with Gasteiger partial charge in [0.05, 0.1) is 11.4 Å². The van der Waals surface area contributed by atoms with Crippen molar-refractivity contribution in [1.82, 2.24) is 10.3 Å². The first-order chi connectivity index (χ1) is 16.1. The highest BCUT2D eigenvalue weighted by Gasteiger charge is 2.27. The minimum atomic E-state index is -0.868. The summed E-state index contributed by atoms with van der Waals surface area (Å²) in [7, 11) is 0. The molecule has 9 heteroatoms. The van der Waals surface area contributed by atoms with Crippen molar-refractivity contribution in [3.8, 4) is 0 Å². The Balaban J connectivity index is 1.59. The van der Waals surface area contributed by atoms with Crippen LogP contribution in [0, 0.1) is 0 Å². The molecule has 0 saturated carbocycles. The molecule has 0 saturated heterocycles. The fourth-order valence-electron chi connectivity index (χ4n) is 3.78. The maximum atomic E-state index is 13.4. The van der Waals surface area contributed by atoms with Gasteiger partial charge in [0.25, 0.3) is 0 Å². The van der Waals surface area contributed by atoms with Crippen LogP contribution >= 0.6 is 12.2 Å². The lowest BCUT2D eigenvalue weighted by atomic mass is 9.97. The van der Waals surface area contributed by atoms with Gasteiger partial charge >= 0.3 is 12.1 Å². The molecule has 3 aromatic rings. The predicted molar refractivity (Wildman–Crippen MR) is 131 cm³/mol. The van der Waals surface area contributed by atoms with Crippen LogP contribution in [0.3, 0.4) is 0 Å². The third-order valence-corrected chi connectivity index (χ3v) is 5.62. The molecule has 2 N–H and O–H groups in total. The SMILES string of the molecule is CC(C)(C)OC(=O)N[C@@H](Cc1c[nH]c2ccccc12)C(=O)CC(=S)c1cccc2c1=NC(=O)N=2. The number of aromatic amines is 1. The van der Waals surface area contributed by atoms with E-state index < -0.39 is 23.8 Å². The number of aromatic nitrogens is 1. The second-order valence-electron chi connectivity index (χ2n) is 9.01. The fraction of sp³-hybridized carbons (Fsp3) is 0.280. The van der Waals surface area contributed by atoms with E-state index >= 15 is 0 Å². The number of carbonyl (C=O) groups is 3. The van der Waals surface area contributed by atoms with Gasteiger partial charge in [-0.25, -0.2) is 9.59 Å². The summed E-state index contributed by atoms with van der Waals surface area (Å²) < 4.78 is 5.38. The molecule has 0 radical (unpaired) electrons. The lowest BCUT2D eigenvalue weighted by Crippen LogP contribution is -2.45. The topological polar surface area (TPSA) is 113 Å². The molecule has 1 aliphatic heterocycles. The summed E-state index contributed by atoms with van der Waals surface area (Å²) in [6, 6.07) is 11.4. The summed E-state index contributed by atoms with van der Waals surface area (Å²) in [5.41, 5.74) is 1.62. The molecule has 0 fully saturated rings. The molecule has 2 heterocycles. The molecule has 1 aliphatic rings. The third-order valence-electron chi connectivity index (χ3n) is 5.25. The van der Waals surface area contributed by atoms with Crippen LogP contribution in [0.25, 0.3) is 10.9 Å².